The second-order valence-electron chi connectivity index (χ2n) is 5.04. The van der Waals surface area contributed by atoms with E-state index in [1.165, 1.54) is 0 Å². The summed E-state index contributed by atoms with van der Waals surface area (Å²) in [6.07, 6.45) is 0. The Balaban J connectivity index is 2.19. The van der Waals surface area contributed by atoms with Gasteiger partial charge in [0.15, 0.2) is 0 Å². The second-order valence-corrected chi connectivity index (χ2v) is 7.63. The molecule has 0 atom stereocenters. The minimum Gasteiger partial charge on any atom is -0.497 e. The Labute approximate surface area is 139 Å². The van der Waals surface area contributed by atoms with E-state index in [0.29, 0.717) is 4.47 Å². The molecule has 0 saturated carbocycles. The molecular weight excluding hydrogens is 366 g/mol. The largest absolute Gasteiger partial charge is 0.497 e. The topological polar surface area (TPSA) is 55.4 Å². The Morgan fingerprint density at radius 2 is 1.68 bits per heavy atom. The highest BCUT2D eigenvalue weighted by molar-refractivity contribution is 9.10. The summed E-state index contributed by atoms with van der Waals surface area (Å²) in [6, 6.07) is 10.8. The van der Waals surface area contributed by atoms with Crippen molar-refractivity contribution in [3.05, 3.63) is 57.6 Å². The van der Waals surface area contributed by atoms with E-state index < -0.39 is 10.0 Å². The average Bonchev–Trinajstić information content (AvgIpc) is 2.49. The van der Waals surface area contributed by atoms with E-state index in [0.717, 1.165) is 22.4 Å². The van der Waals surface area contributed by atoms with Crippen LogP contribution in [0.5, 0.6) is 5.75 Å². The molecule has 0 aliphatic heterocycles. The molecule has 0 heterocycles. The first-order valence-electron chi connectivity index (χ1n) is 6.73. The number of benzene rings is 2. The smallest absolute Gasteiger partial charge is 0.242 e. The monoisotopic (exact) mass is 383 g/mol. The number of ether oxygens (including phenoxy) is 1. The summed E-state index contributed by atoms with van der Waals surface area (Å²) in [5.74, 6) is 0.739. The lowest BCUT2D eigenvalue weighted by molar-refractivity contribution is 0.414. The third kappa shape index (κ3) is 3.88. The molecule has 0 amide bonds. The first-order valence-corrected chi connectivity index (χ1v) is 9.00. The van der Waals surface area contributed by atoms with Gasteiger partial charge in [-0.3, -0.25) is 0 Å². The van der Waals surface area contributed by atoms with E-state index in [1.807, 2.05) is 32.0 Å². The van der Waals surface area contributed by atoms with Crippen LogP contribution in [0.25, 0.3) is 0 Å². The van der Waals surface area contributed by atoms with Crippen LogP contribution >= 0.6 is 15.9 Å². The van der Waals surface area contributed by atoms with Crippen LogP contribution in [-0.4, -0.2) is 15.5 Å². The summed E-state index contributed by atoms with van der Waals surface area (Å²) in [4.78, 5) is 0.254. The second kappa shape index (κ2) is 6.81. The van der Waals surface area contributed by atoms with Crippen LogP contribution in [0.2, 0.25) is 0 Å². The van der Waals surface area contributed by atoms with Gasteiger partial charge in [-0.2, -0.15) is 0 Å². The number of nitrogens with one attached hydrogen (secondary N) is 1. The van der Waals surface area contributed by atoms with E-state index >= 15 is 0 Å². The quantitative estimate of drug-likeness (QED) is 0.858. The van der Waals surface area contributed by atoms with Crippen LogP contribution in [0.3, 0.4) is 0 Å². The summed E-state index contributed by atoms with van der Waals surface area (Å²) in [6.45, 7) is 4.07. The summed E-state index contributed by atoms with van der Waals surface area (Å²) in [7, 11) is -1.98. The zero-order valence-electron chi connectivity index (χ0n) is 12.7. The van der Waals surface area contributed by atoms with Gasteiger partial charge in [0.2, 0.25) is 10.0 Å². The lowest BCUT2D eigenvalue weighted by atomic mass is 10.1. The zero-order valence-corrected chi connectivity index (χ0v) is 15.1. The van der Waals surface area contributed by atoms with Crippen molar-refractivity contribution in [2.75, 3.05) is 7.11 Å². The fourth-order valence-corrected chi connectivity index (χ4v) is 4.22. The molecule has 0 aliphatic carbocycles. The van der Waals surface area contributed by atoms with Crippen LogP contribution in [0, 0.1) is 13.8 Å². The Bertz CT molecular complexity index is 771. The fraction of sp³-hybridized carbons (Fsp3) is 0.250. The highest BCUT2D eigenvalue weighted by Gasteiger charge is 2.18. The molecule has 4 nitrogen and oxygen atoms in total. The first-order chi connectivity index (χ1) is 10.3. The van der Waals surface area contributed by atoms with Crippen molar-refractivity contribution in [1.82, 2.24) is 4.72 Å². The maximum absolute atomic E-state index is 12.4. The Morgan fingerprint density at radius 3 is 2.27 bits per heavy atom. The molecule has 2 rings (SSSR count). The van der Waals surface area contributed by atoms with Gasteiger partial charge in [-0.25, -0.2) is 13.1 Å². The molecule has 0 fully saturated rings. The minimum atomic E-state index is -3.57. The predicted molar refractivity (Wildman–Crippen MR) is 90.6 cm³/mol. The van der Waals surface area contributed by atoms with Gasteiger partial charge in [-0.05, 0) is 70.7 Å². The molecular formula is C16H18BrNO3S. The molecule has 0 aliphatic rings. The van der Waals surface area contributed by atoms with E-state index in [-0.39, 0.29) is 11.4 Å². The van der Waals surface area contributed by atoms with Gasteiger partial charge in [-0.15, -0.1) is 0 Å². The van der Waals surface area contributed by atoms with Gasteiger partial charge in [0.05, 0.1) is 12.0 Å². The average molecular weight is 384 g/mol. The number of halogens is 1. The number of aryl methyl sites for hydroxylation is 2. The minimum absolute atomic E-state index is 0.228. The van der Waals surface area contributed by atoms with Crippen molar-refractivity contribution in [2.45, 2.75) is 25.3 Å². The lowest BCUT2D eigenvalue weighted by Gasteiger charge is -2.11. The van der Waals surface area contributed by atoms with E-state index in [4.69, 9.17) is 4.74 Å². The molecule has 2 aromatic carbocycles. The maximum Gasteiger partial charge on any atom is 0.242 e. The van der Waals surface area contributed by atoms with Crippen LogP contribution in [-0.2, 0) is 16.6 Å². The zero-order chi connectivity index (χ0) is 16.3. The SMILES string of the molecule is COc1ccc(CNS(=O)(=O)c2cc(C)c(C)cc2Br)cc1. The van der Waals surface area contributed by atoms with Crippen LogP contribution in [0.4, 0.5) is 0 Å². The van der Waals surface area contributed by atoms with Crippen molar-refractivity contribution in [3.8, 4) is 5.75 Å². The molecule has 0 aromatic heterocycles. The van der Waals surface area contributed by atoms with Crippen LogP contribution < -0.4 is 9.46 Å². The number of rotatable bonds is 5. The maximum atomic E-state index is 12.4. The molecule has 118 valence electrons. The first kappa shape index (κ1) is 17.0. The molecule has 0 bridgehead atoms. The number of methoxy groups -OCH3 is 1. The molecule has 2 aromatic rings. The Kier molecular flexibility index (Phi) is 5.26. The van der Waals surface area contributed by atoms with E-state index in [1.54, 1.807) is 25.3 Å². The Morgan fingerprint density at radius 1 is 1.09 bits per heavy atom. The molecule has 0 unspecified atom stereocenters. The van der Waals surface area contributed by atoms with Gasteiger partial charge >= 0.3 is 0 Å². The van der Waals surface area contributed by atoms with Crippen molar-refractivity contribution < 1.29 is 13.2 Å². The van der Waals surface area contributed by atoms with E-state index in [9.17, 15) is 8.42 Å². The number of sulfonamides is 1. The van der Waals surface area contributed by atoms with Crippen molar-refractivity contribution >= 4 is 26.0 Å². The van der Waals surface area contributed by atoms with Gasteiger partial charge in [-0.1, -0.05) is 12.1 Å². The van der Waals surface area contributed by atoms with Gasteiger partial charge in [0.25, 0.3) is 0 Å². The van der Waals surface area contributed by atoms with Gasteiger partial charge in [0.1, 0.15) is 5.75 Å². The highest BCUT2D eigenvalue weighted by Crippen LogP contribution is 2.25. The summed E-state index contributed by atoms with van der Waals surface area (Å²) < 4.78 is 33.2. The number of hydrogen-bond acceptors (Lipinski definition) is 3. The summed E-state index contributed by atoms with van der Waals surface area (Å²) in [5, 5.41) is 0. The van der Waals surface area contributed by atoms with Crippen molar-refractivity contribution in [3.63, 3.8) is 0 Å². The van der Waals surface area contributed by atoms with Gasteiger partial charge in [0, 0.05) is 11.0 Å². The van der Waals surface area contributed by atoms with E-state index in [2.05, 4.69) is 20.7 Å². The molecule has 6 heteroatoms. The Hall–Kier alpha value is -1.37. The van der Waals surface area contributed by atoms with Crippen molar-refractivity contribution in [1.29, 1.82) is 0 Å². The van der Waals surface area contributed by atoms with Gasteiger partial charge < -0.3 is 4.74 Å². The van der Waals surface area contributed by atoms with Crippen LogP contribution in [0.1, 0.15) is 16.7 Å². The molecule has 22 heavy (non-hydrogen) atoms. The van der Waals surface area contributed by atoms with Crippen molar-refractivity contribution in [2.24, 2.45) is 0 Å². The summed E-state index contributed by atoms with van der Waals surface area (Å²) in [5.41, 5.74) is 2.85. The lowest BCUT2D eigenvalue weighted by Crippen LogP contribution is -2.23. The summed E-state index contributed by atoms with van der Waals surface area (Å²) >= 11 is 3.33. The molecule has 1 N–H and O–H groups in total. The predicted octanol–water partition coefficient (Wildman–Crippen LogP) is 3.55. The number of hydrogen-bond donors (Lipinski definition) is 1. The highest BCUT2D eigenvalue weighted by atomic mass is 79.9. The molecule has 0 saturated heterocycles. The normalized spacial score (nSPS) is 11.5. The van der Waals surface area contributed by atoms with Crippen LogP contribution in [0.15, 0.2) is 45.8 Å². The molecule has 0 spiro atoms. The standard InChI is InChI=1S/C16H18BrNO3S/c1-11-8-15(17)16(9-12(11)2)22(19,20)18-10-13-4-6-14(21-3)7-5-13/h4-9,18H,10H2,1-3H3. The third-order valence-corrected chi connectivity index (χ3v) is 5.82. The molecule has 0 radical (unpaired) electrons. The third-order valence-electron chi connectivity index (χ3n) is 3.46. The fourth-order valence-electron chi connectivity index (χ4n) is 1.96.